The minimum absolute atomic E-state index is 0.0529. The summed E-state index contributed by atoms with van der Waals surface area (Å²) < 4.78 is 0. The molecule has 1 N–H and O–H groups in total. The Morgan fingerprint density at radius 2 is 1.88 bits per heavy atom. The van der Waals surface area contributed by atoms with E-state index in [2.05, 4.69) is 0 Å². The van der Waals surface area contributed by atoms with E-state index in [0.717, 1.165) is 12.8 Å². The van der Waals surface area contributed by atoms with Crippen LogP contribution in [0.25, 0.3) is 0 Å². The Hall–Kier alpha value is -1.26. The monoisotopic (exact) mass is 230 g/mol. The first-order valence-corrected chi connectivity index (χ1v) is 5.67. The lowest BCUT2D eigenvalue weighted by molar-refractivity contribution is -0.138. The van der Waals surface area contributed by atoms with Crippen LogP contribution in [0.1, 0.15) is 33.6 Å². The van der Waals surface area contributed by atoms with Crippen LogP contribution in [0.15, 0.2) is 0 Å². The van der Waals surface area contributed by atoms with Crippen molar-refractivity contribution in [3.63, 3.8) is 0 Å². The number of aliphatic carboxylic acids is 1. The zero-order valence-electron chi connectivity index (χ0n) is 10.6. The van der Waals surface area contributed by atoms with Gasteiger partial charge in [0.25, 0.3) is 0 Å². The van der Waals surface area contributed by atoms with E-state index in [1.54, 1.807) is 11.9 Å². The Balaban J connectivity index is 4.61. The zero-order chi connectivity index (χ0) is 12.7. The van der Waals surface area contributed by atoms with Gasteiger partial charge < -0.3 is 14.9 Å². The van der Waals surface area contributed by atoms with E-state index >= 15 is 0 Å². The minimum Gasteiger partial charge on any atom is -0.480 e. The lowest BCUT2D eigenvalue weighted by Crippen LogP contribution is -2.48. The molecule has 94 valence electrons. The topological polar surface area (TPSA) is 60.9 Å². The van der Waals surface area contributed by atoms with Crippen molar-refractivity contribution in [2.75, 3.05) is 20.1 Å². The first-order valence-electron chi connectivity index (χ1n) is 5.67. The molecule has 0 saturated heterocycles. The van der Waals surface area contributed by atoms with Gasteiger partial charge in [0.2, 0.25) is 0 Å². The van der Waals surface area contributed by atoms with Crippen LogP contribution in [-0.2, 0) is 4.79 Å². The van der Waals surface area contributed by atoms with Gasteiger partial charge in [-0.1, -0.05) is 13.8 Å². The van der Waals surface area contributed by atoms with Crippen molar-refractivity contribution in [3.05, 3.63) is 0 Å². The summed E-state index contributed by atoms with van der Waals surface area (Å²) in [7, 11) is 1.70. The van der Waals surface area contributed by atoms with Crippen LogP contribution in [0.4, 0.5) is 4.79 Å². The molecule has 2 amide bonds. The molecule has 5 nitrogen and oxygen atoms in total. The average molecular weight is 230 g/mol. The zero-order valence-corrected chi connectivity index (χ0v) is 10.6. The summed E-state index contributed by atoms with van der Waals surface area (Å²) in [5.74, 6) is -0.974. The average Bonchev–Trinajstić information content (AvgIpc) is 2.24. The summed E-state index contributed by atoms with van der Waals surface area (Å²) in [5, 5.41) is 8.78. The van der Waals surface area contributed by atoms with Gasteiger partial charge in [0.05, 0.1) is 0 Å². The summed E-state index contributed by atoms with van der Waals surface area (Å²) in [6.45, 7) is 6.19. The van der Waals surface area contributed by atoms with Crippen LogP contribution in [0.5, 0.6) is 0 Å². The molecule has 16 heavy (non-hydrogen) atoms. The molecule has 0 aliphatic heterocycles. The van der Waals surface area contributed by atoms with E-state index in [9.17, 15) is 9.59 Å². The van der Waals surface area contributed by atoms with Crippen molar-refractivity contribution in [1.29, 1.82) is 0 Å². The van der Waals surface area contributed by atoms with Crippen molar-refractivity contribution in [3.8, 4) is 0 Å². The maximum Gasteiger partial charge on any atom is 0.323 e. The van der Waals surface area contributed by atoms with Gasteiger partial charge in [-0.05, 0) is 19.8 Å². The molecule has 0 fully saturated rings. The third kappa shape index (κ3) is 4.51. The number of amides is 2. The summed E-state index contributed by atoms with van der Waals surface area (Å²) in [6.07, 6.45) is 1.61. The molecule has 0 spiro atoms. The van der Waals surface area contributed by atoms with Crippen LogP contribution in [-0.4, -0.2) is 53.1 Å². The normalized spacial score (nSPS) is 12.0. The van der Waals surface area contributed by atoms with Gasteiger partial charge in [-0.3, -0.25) is 4.79 Å². The lowest BCUT2D eigenvalue weighted by atomic mass is 10.2. The fraction of sp³-hybridized carbons (Fsp3) is 0.818. The second kappa shape index (κ2) is 7.09. The molecule has 0 heterocycles. The highest BCUT2D eigenvalue weighted by molar-refractivity contribution is 5.80. The van der Waals surface area contributed by atoms with Gasteiger partial charge >= 0.3 is 12.0 Å². The quantitative estimate of drug-likeness (QED) is 0.754. The second-order valence-corrected chi connectivity index (χ2v) is 3.98. The highest BCUT2D eigenvalue weighted by Crippen LogP contribution is 2.07. The molecule has 1 unspecified atom stereocenters. The summed E-state index contributed by atoms with van der Waals surface area (Å²) in [4.78, 5) is 25.6. The minimum atomic E-state index is -0.974. The number of rotatable bonds is 6. The summed E-state index contributed by atoms with van der Waals surface area (Å²) in [5.41, 5.74) is 0. The van der Waals surface area contributed by atoms with Crippen molar-refractivity contribution in [2.45, 2.75) is 39.7 Å². The van der Waals surface area contributed by atoms with E-state index in [-0.39, 0.29) is 18.6 Å². The van der Waals surface area contributed by atoms with E-state index < -0.39 is 5.97 Å². The highest BCUT2D eigenvalue weighted by Gasteiger charge is 2.23. The molecule has 0 aromatic carbocycles. The van der Waals surface area contributed by atoms with Crippen LogP contribution in [0.2, 0.25) is 0 Å². The van der Waals surface area contributed by atoms with Gasteiger partial charge in [0.1, 0.15) is 6.54 Å². The molecule has 0 rings (SSSR count). The van der Waals surface area contributed by atoms with Crippen molar-refractivity contribution >= 4 is 12.0 Å². The maximum atomic E-state index is 12.0. The molecule has 0 bridgehead atoms. The van der Waals surface area contributed by atoms with Crippen LogP contribution in [0, 0.1) is 0 Å². The van der Waals surface area contributed by atoms with Crippen molar-refractivity contribution in [1.82, 2.24) is 9.80 Å². The predicted molar refractivity (Wildman–Crippen MR) is 62.4 cm³/mol. The number of carboxylic acids is 1. The third-order valence-corrected chi connectivity index (χ3v) is 2.56. The van der Waals surface area contributed by atoms with Crippen LogP contribution in [0.3, 0.4) is 0 Å². The Kier molecular flexibility index (Phi) is 6.53. The van der Waals surface area contributed by atoms with Crippen LogP contribution >= 0.6 is 0 Å². The molecule has 0 aromatic heterocycles. The molecular formula is C11H22N2O3. The van der Waals surface area contributed by atoms with Gasteiger partial charge in [-0.2, -0.15) is 0 Å². The van der Waals surface area contributed by atoms with Gasteiger partial charge in [0, 0.05) is 19.6 Å². The Labute approximate surface area is 97.0 Å². The third-order valence-electron chi connectivity index (χ3n) is 2.56. The number of hydrogen-bond donors (Lipinski definition) is 1. The smallest absolute Gasteiger partial charge is 0.323 e. The molecule has 0 radical (unpaired) electrons. The molecule has 5 heteroatoms. The maximum absolute atomic E-state index is 12.0. The number of carbonyl (C=O) groups excluding carboxylic acids is 1. The summed E-state index contributed by atoms with van der Waals surface area (Å²) >= 11 is 0. The Morgan fingerprint density at radius 1 is 1.31 bits per heavy atom. The number of hydrogen-bond acceptors (Lipinski definition) is 2. The van der Waals surface area contributed by atoms with E-state index in [0.29, 0.717) is 6.54 Å². The molecule has 0 aromatic rings. The number of urea groups is 1. The first-order chi connectivity index (χ1) is 7.43. The van der Waals surface area contributed by atoms with E-state index in [1.807, 2.05) is 20.8 Å². The molecule has 1 atom stereocenters. The lowest BCUT2D eigenvalue weighted by Gasteiger charge is -2.31. The first kappa shape index (κ1) is 14.7. The standard InChI is InChI=1S/C11H22N2O3/c1-5-7-12(4)11(16)13(8-10(14)15)9(3)6-2/h9H,5-8H2,1-4H3,(H,14,15). The van der Waals surface area contributed by atoms with E-state index in [4.69, 9.17) is 5.11 Å². The fourth-order valence-electron chi connectivity index (χ4n) is 1.43. The number of carboxylic acid groups (broad SMARTS) is 1. The number of nitrogens with zero attached hydrogens (tertiary/aromatic N) is 2. The van der Waals surface area contributed by atoms with Gasteiger partial charge in [-0.15, -0.1) is 0 Å². The van der Waals surface area contributed by atoms with Crippen molar-refractivity contribution < 1.29 is 14.7 Å². The number of carbonyl (C=O) groups is 2. The molecular weight excluding hydrogens is 208 g/mol. The van der Waals surface area contributed by atoms with E-state index in [1.165, 1.54) is 4.90 Å². The molecule has 0 saturated carbocycles. The SMILES string of the molecule is CCCN(C)C(=O)N(CC(=O)O)C(C)CC. The molecule has 0 aliphatic rings. The Bertz CT molecular complexity index is 243. The van der Waals surface area contributed by atoms with Gasteiger partial charge in [-0.25, -0.2) is 4.79 Å². The summed E-state index contributed by atoms with van der Waals surface area (Å²) in [6, 6.07) is -0.262. The highest BCUT2D eigenvalue weighted by atomic mass is 16.4. The predicted octanol–water partition coefficient (Wildman–Crippen LogP) is 1.63. The van der Waals surface area contributed by atoms with Crippen molar-refractivity contribution in [2.24, 2.45) is 0 Å². The fourth-order valence-corrected chi connectivity index (χ4v) is 1.43. The van der Waals surface area contributed by atoms with Gasteiger partial charge in [0.15, 0.2) is 0 Å². The largest absolute Gasteiger partial charge is 0.480 e. The van der Waals surface area contributed by atoms with Crippen LogP contribution < -0.4 is 0 Å². The second-order valence-electron chi connectivity index (χ2n) is 3.98. The Morgan fingerprint density at radius 3 is 2.25 bits per heavy atom. The molecule has 0 aliphatic carbocycles.